The molecule has 186 valence electrons. The molecule has 0 aliphatic carbocycles. The summed E-state index contributed by atoms with van der Waals surface area (Å²) in [4.78, 5) is 15.2. The van der Waals surface area contributed by atoms with Gasteiger partial charge >= 0.3 is 0 Å². The first kappa shape index (κ1) is 25.9. The molecule has 1 fully saturated rings. The van der Waals surface area contributed by atoms with Crippen LogP contribution in [-0.4, -0.2) is 57.6 Å². The van der Waals surface area contributed by atoms with Gasteiger partial charge in [0.1, 0.15) is 5.75 Å². The first-order valence-corrected chi connectivity index (χ1v) is 13.6. The molecule has 2 aromatic carbocycles. The summed E-state index contributed by atoms with van der Waals surface area (Å²) in [5.74, 6) is 1.75. The van der Waals surface area contributed by atoms with Crippen molar-refractivity contribution in [2.75, 3.05) is 32.3 Å². The second-order valence-electron chi connectivity index (χ2n) is 8.61. The number of sulfone groups is 1. The second kappa shape index (κ2) is 12.1. The van der Waals surface area contributed by atoms with Crippen LogP contribution >= 0.6 is 0 Å². The zero-order valence-electron chi connectivity index (χ0n) is 20.3. The normalized spacial score (nSPS) is 16.7. The van der Waals surface area contributed by atoms with Gasteiger partial charge in [0.05, 0.1) is 32.3 Å². The quantitative estimate of drug-likeness (QED) is 0.409. The lowest BCUT2D eigenvalue weighted by atomic mass is 10.1. The van der Waals surface area contributed by atoms with E-state index in [-0.39, 0.29) is 30.0 Å². The first-order valence-electron chi connectivity index (χ1n) is 11.8. The Morgan fingerprint density at radius 1 is 1.00 bits per heavy atom. The summed E-state index contributed by atoms with van der Waals surface area (Å²) >= 11 is 0. The molecule has 0 aromatic heterocycles. The summed E-state index contributed by atoms with van der Waals surface area (Å²) in [7, 11) is -0.0325. The molecule has 1 amide bonds. The Morgan fingerprint density at radius 2 is 1.74 bits per heavy atom. The molecule has 8 heteroatoms. The third-order valence-electron chi connectivity index (χ3n) is 6.08. The fourth-order valence-electron chi connectivity index (χ4n) is 4.14. The van der Waals surface area contributed by atoms with Crippen LogP contribution in [0, 0.1) is 0 Å². The van der Waals surface area contributed by atoms with Crippen LogP contribution in [-0.2, 0) is 16.4 Å². The molecule has 0 spiro atoms. The topological polar surface area (TPSA) is 82.1 Å². The second-order valence-corrected chi connectivity index (χ2v) is 10.8. The number of rotatable bonds is 12. The number of benzene rings is 2. The van der Waals surface area contributed by atoms with E-state index in [1.165, 1.54) is 12.8 Å². The highest BCUT2D eigenvalue weighted by Crippen LogP contribution is 2.30. The van der Waals surface area contributed by atoms with E-state index in [9.17, 15) is 13.2 Å². The fourth-order valence-corrected chi connectivity index (χ4v) is 5.87. The molecule has 3 rings (SSSR count). The molecule has 1 heterocycles. The number of unbranched alkanes of at least 4 members (excludes halogenated alkanes) is 3. The third-order valence-corrected chi connectivity index (χ3v) is 7.83. The number of carbonyl (C=O) groups is 1. The number of amides is 1. The highest BCUT2D eigenvalue weighted by Gasteiger charge is 2.35. The van der Waals surface area contributed by atoms with E-state index in [0.29, 0.717) is 30.1 Å². The van der Waals surface area contributed by atoms with Gasteiger partial charge < -0.3 is 19.1 Å². The van der Waals surface area contributed by atoms with Gasteiger partial charge in [-0.25, -0.2) is 8.42 Å². The number of nitrogens with zero attached hydrogens (tertiary/aromatic N) is 1. The maximum atomic E-state index is 13.5. The zero-order chi connectivity index (χ0) is 24.6. The van der Waals surface area contributed by atoms with Gasteiger partial charge in [-0.2, -0.15) is 0 Å². The molecular formula is C26H35NO6S. The van der Waals surface area contributed by atoms with Gasteiger partial charge in [-0.15, -0.1) is 0 Å². The Balaban J connectivity index is 1.76. The van der Waals surface area contributed by atoms with E-state index < -0.39 is 9.84 Å². The lowest BCUT2D eigenvalue weighted by molar-refractivity contribution is 0.0680. The van der Waals surface area contributed by atoms with E-state index in [1.54, 1.807) is 49.5 Å². The minimum absolute atomic E-state index is 0.0228. The van der Waals surface area contributed by atoms with Gasteiger partial charge in [-0.05, 0) is 54.8 Å². The Hall–Kier alpha value is -2.74. The molecule has 1 aliphatic rings. The molecule has 2 aromatic rings. The van der Waals surface area contributed by atoms with Gasteiger partial charge in [0, 0.05) is 18.2 Å². The molecule has 1 saturated heterocycles. The van der Waals surface area contributed by atoms with Crippen molar-refractivity contribution in [3.05, 3.63) is 53.6 Å². The minimum Gasteiger partial charge on any atom is -0.494 e. The van der Waals surface area contributed by atoms with Crippen molar-refractivity contribution in [2.45, 2.75) is 51.6 Å². The molecule has 1 unspecified atom stereocenters. The van der Waals surface area contributed by atoms with E-state index in [2.05, 4.69) is 6.92 Å². The summed E-state index contributed by atoms with van der Waals surface area (Å²) in [5.41, 5.74) is 1.34. The summed E-state index contributed by atoms with van der Waals surface area (Å²) in [6.45, 7) is 3.10. The summed E-state index contributed by atoms with van der Waals surface area (Å²) in [6, 6.07) is 12.2. The highest BCUT2D eigenvalue weighted by molar-refractivity contribution is 7.91. The first-order chi connectivity index (χ1) is 16.4. The van der Waals surface area contributed by atoms with E-state index in [4.69, 9.17) is 14.2 Å². The maximum absolute atomic E-state index is 13.5. The van der Waals surface area contributed by atoms with Gasteiger partial charge in [-0.1, -0.05) is 32.3 Å². The van der Waals surface area contributed by atoms with Crippen LogP contribution in [0.5, 0.6) is 17.2 Å². The molecule has 1 aliphatic heterocycles. The number of hydrogen-bond acceptors (Lipinski definition) is 6. The molecule has 0 N–H and O–H groups in total. The molecule has 0 radical (unpaired) electrons. The van der Waals surface area contributed by atoms with Crippen molar-refractivity contribution >= 4 is 15.7 Å². The van der Waals surface area contributed by atoms with Crippen LogP contribution in [0.3, 0.4) is 0 Å². The van der Waals surface area contributed by atoms with Crippen molar-refractivity contribution in [3.8, 4) is 17.2 Å². The van der Waals surface area contributed by atoms with Crippen LogP contribution in [0.25, 0.3) is 0 Å². The van der Waals surface area contributed by atoms with Crippen LogP contribution in [0.15, 0.2) is 42.5 Å². The summed E-state index contributed by atoms with van der Waals surface area (Å²) < 4.78 is 40.8. The number of carbonyl (C=O) groups excluding carboxylic acids is 1. The van der Waals surface area contributed by atoms with Crippen LogP contribution in [0.1, 0.15) is 54.9 Å². The Labute approximate surface area is 202 Å². The predicted octanol–water partition coefficient (Wildman–Crippen LogP) is 4.49. The predicted molar refractivity (Wildman–Crippen MR) is 133 cm³/mol. The van der Waals surface area contributed by atoms with E-state index >= 15 is 0 Å². The molecule has 1 atom stereocenters. The van der Waals surface area contributed by atoms with Crippen molar-refractivity contribution in [1.82, 2.24) is 4.90 Å². The van der Waals surface area contributed by atoms with Crippen LogP contribution in [0.4, 0.5) is 0 Å². The molecule has 34 heavy (non-hydrogen) atoms. The molecule has 0 saturated carbocycles. The third kappa shape index (κ3) is 6.88. The minimum atomic E-state index is -3.15. The van der Waals surface area contributed by atoms with Gasteiger partial charge in [0.2, 0.25) is 0 Å². The maximum Gasteiger partial charge on any atom is 0.254 e. The summed E-state index contributed by atoms with van der Waals surface area (Å²) in [6.07, 6.45) is 4.95. The lowest BCUT2D eigenvalue weighted by Gasteiger charge is -2.29. The van der Waals surface area contributed by atoms with E-state index in [1.807, 2.05) is 12.1 Å². The average Bonchev–Trinajstić information content (AvgIpc) is 3.21. The smallest absolute Gasteiger partial charge is 0.254 e. The van der Waals surface area contributed by atoms with Crippen molar-refractivity contribution in [1.29, 1.82) is 0 Å². The average molecular weight is 490 g/mol. The van der Waals surface area contributed by atoms with Gasteiger partial charge in [0.15, 0.2) is 21.3 Å². The Kier molecular flexibility index (Phi) is 9.21. The summed E-state index contributed by atoms with van der Waals surface area (Å²) in [5, 5.41) is 0. The Bertz CT molecular complexity index is 1050. The number of ether oxygens (including phenoxy) is 3. The lowest BCUT2D eigenvalue weighted by Crippen LogP contribution is -2.40. The number of hydrogen-bond donors (Lipinski definition) is 0. The molecule has 7 nitrogen and oxygen atoms in total. The van der Waals surface area contributed by atoms with Crippen LogP contribution < -0.4 is 14.2 Å². The highest BCUT2D eigenvalue weighted by atomic mass is 32.2. The van der Waals surface area contributed by atoms with Crippen molar-refractivity contribution in [2.24, 2.45) is 0 Å². The van der Waals surface area contributed by atoms with Gasteiger partial charge in [0.25, 0.3) is 5.91 Å². The monoisotopic (exact) mass is 489 g/mol. The fraction of sp³-hybridized carbons (Fsp3) is 0.500. The molecular weight excluding hydrogens is 454 g/mol. The number of methoxy groups -OCH3 is 2. The van der Waals surface area contributed by atoms with Crippen molar-refractivity contribution < 1.29 is 27.4 Å². The standard InChI is InChI=1S/C26H35NO6S/c1-4-5-6-7-15-33-23-11-9-21(10-12-23)26(28)27(22-14-16-34(29,30)19-22)18-20-8-13-24(31-2)25(17-20)32-3/h8-13,17,22H,4-7,14-16,18-19H2,1-3H3. The van der Waals surface area contributed by atoms with Gasteiger partial charge in [-0.3, -0.25) is 4.79 Å². The largest absolute Gasteiger partial charge is 0.494 e. The SMILES string of the molecule is CCCCCCOc1ccc(C(=O)N(Cc2ccc(OC)c(OC)c2)C2CCS(=O)(=O)C2)cc1. The van der Waals surface area contributed by atoms with E-state index in [0.717, 1.165) is 24.2 Å². The Morgan fingerprint density at radius 3 is 2.35 bits per heavy atom. The zero-order valence-corrected chi connectivity index (χ0v) is 21.1. The molecule has 0 bridgehead atoms. The van der Waals surface area contributed by atoms with Crippen molar-refractivity contribution in [3.63, 3.8) is 0 Å². The van der Waals surface area contributed by atoms with Crippen LogP contribution in [0.2, 0.25) is 0 Å².